The van der Waals surface area contributed by atoms with E-state index in [-0.39, 0.29) is 0 Å². The molecular formula is C10H14N4O. The molecule has 0 aliphatic heterocycles. The van der Waals surface area contributed by atoms with Crippen molar-refractivity contribution in [1.82, 2.24) is 20.0 Å². The van der Waals surface area contributed by atoms with E-state index in [4.69, 9.17) is 4.52 Å². The van der Waals surface area contributed by atoms with Crippen molar-refractivity contribution in [3.63, 3.8) is 0 Å². The summed E-state index contributed by atoms with van der Waals surface area (Å²) in [6.45, 7) is 3.31. The summed E-state index contributed by atoms with van der Waals surface area (Å²) < 4.78 is 7.06. The van der Waals surface area contributed by atoms with Gasteiger partial charge in [0.1, 0.15) is 5.82 Å². The lowest BCUT2D eigenvalue weighted by atomic mass is 10.4. The Labute approximate surface area is 88.1 Å². The maximum atomic E-state index is 5.07. The third-order valence-corrected chi connectivity index (χ3v) is 2.18. The van der Waals surface area contributed by atoms with Gasteiger partial charge < -0.3 is 14.4 Å². The van der Waals surface area contributed by atoms with Gasteiger partial charge in [0.15, 0.2) is 5.76 Å². The van der Waals surface area contributed by atoms with Gasteiger partial charge >= 0.3 is 0 Å². The predicted molar refractivity (Wildman–Crippen MR) is 55.0 cm³/mol. The second-order valence-electron chi connectivity index (χ2n) is 3.49. The monoisotopic (exact) mass is 206 g/mol. The zero-order valence-corrected chi connectivity index (χ0v) is 8.90. The Balaban J connectivity index is 1.83. The van der Waals surface area contributed by atoms with E-state index in [9.17, 15) is 0 Å². The molecule has 5 nitrogen and oxygen atoms in total. The topological polar surface area (TPSA) is 55.9 Å². The third-order valence-electron chi connectivity index (χ3n) is 2.18. The SMILES string of the molecule is Cc1cc(CNCc2nccn2C)on1. The molecule has 0 saturated heterocycles. The van der Waals surface area contributed by atoms with Crippen molar-refractivity contribution in [3.8, 4) is 0 Å². The van der Waals surface area contributed by atoms with E-state index < -0.39 is 0 Å². The highest BCUT2D eigenvalue weighted by Gasteiger charge is 2.01. The molecule has 15 heavy (non-hydrogen) atoms. The van der Waals surface area contributed by atoms with Crippen molar-refractivity contribution in [1.29, 1.82) is 0 Å². The lowest BCUT2D eigenvalue weighted by Gasteiger charge is -2.01. The number of imidazole rings is 1. The number of nitrogens with one attached hydrogen (secondary N) is 1. The molecule has 0 saturated carbocycles. The number of rotatable bonds is 4. The summed E-state index contributed by atoms with van der Waals surface area (Å²) in [5.74, 6) is 1.85. The van der Waals surface area contributed by atoms with E-state index in [1.54, 1.807) is 6.20 Å². The predicted octanol–water partition coefficient (Wildman–Crippen LogP) is 1.01. The molecule has 0 bridgehead atoms. The fourth-order valence-electron chi connectivity index (χ4n) is 1.36. The van der Waals surface area contributed by atoms with Gasteiger partial charge in [-0.05, 0) is 6.92 Å². The lowest BCUT2D eigenvalue weighted by Crippen LogP contribution is -2.15. The second-order valence-corrected chi connectivity index (χ2v) is 3.49. The minimum atomic E-state index is 0.674. The first-order chi connectivity index (χ1) is 7.25. The van der Waals surface area contributed by atoms with Crippen LogP contribution >= 0.6 is 0 Å². The zero-order chi connectivity index (χ0) is 10.7. The van der Waals surface area contributed by atoms with E-state index in [0.29, 0.717) is 6.54 Å². The van der Waals surface area contributed by atoms with Gasteiger partial charge in [0.25, 0.3) is 0 Å². The molecule has 2 aromatic rings. The fourth-order valence-corrected chi connectivity index (χ4v) is 1.36. The van der Waals surface area contributed by atoms with Crippen LogP contribution in [0.1, 0.15) is 17.3 Å². The van der Waals surface area contributed by atoms with Crippen molar-refractivity contribution in [2.24, 2.45) is 7.05 Å². The van der Waals surface area contributed by atoms with Crippen LogP contribution in [-0.2, 0) is 20.1 Å². The fraction of sp³-hybridized carbons (Fsp3) is 0.400. The number of hydrogen-bond acceptors (Lipinski definition) is 4. The highest BCUT2D eigenvalue weighted by Crippen LogP contribution is 2.01. The van der Waals surface area contributed by atoms with Crippen molar-refractivity contribution < 1.29 is 4.52 Å². The third kappa shape index (κ3) is 2.44. The van der Waals surface area contributed by atoms with Crippen molar-refractivity contribution in [2.45, 2.75) is 20.0 Å². The molecule has 2 rings (SSSR count). The Morgan fingerprint density at radius 3 is 2.93 bits per heavy atom. The second kappa shape index (κ2) is 4.27. The van der Waals surface area contributed by atoms with E-state index >= 15 is 0 Å². The molecule has 0 radical (unpaired) electrons. The molecule has 2 aromatic heterocycles. The van der Waals surface area contributed by atoms with Gasteiger partial charge in [-0.25, -0.2) is 4.98 Å². The van der Waals surface area contributed by atoms with Crippen LogP contribution in [-0.4, -0.2) is 14.7 Å². The van der Waals surface area contributed by atoms with E-state index in [2.05, 4.69) is 15.5 Å². The Bertz CT molecular complexity index is 432. The van der Waals surface area contributed by atoms with Gasteiger partial charge in [-0.3, -0.25) is 0 Å². The van der Waals surface area contributed by atoms with Crippen molar-refractivity contribution in [2.75, 3.05) is 0 Å². The number of aryl methyl sites for hydroxylation is 2. The van der Waals surface area contributed by atoms with Crippen LogP contribution < -0.4 is 5.32 Å². The van der Waals surface area contributed by atoms with Crippen LogP contribution in [0.5, 0.6) is 0 Å². The van der Waals surface area contributed by atoms with Gasteiger partial charge in [0, 0.05) is 25.5 Å². The molecule has 0 amide bonds. The van der Waals surface area contributed by atoms with Crippen LogP contribution in [0.25, 0.3) is 0 Å². The molecule has 80 valence electrons. The maximum Gasteiger partial charge on any atom is 0.150 e. The van der Waals surface area contributed by atoms with Crippen LogP contribution in [0.2, 0.25) is 0 Å². The molecule has 0 aromatic carbocycles. The molecule has 2 heterocycles. The van der Waals surface area contributed by atoms with Gasteiger partial charge in [-0.15, -0.1) is 0 Å². The minimum absolute atomic E-state index is 0.674. The molecule has 1 N–H and O–H groups in total. The van der Waals surface area contributed by atoms with Crippen LogP contribution in [0.15, 0.2) is 23.0 Å². The van der Waals surface area contributed by atoms with E-state index in [1.165, 1.54) is 0 Å². The number of hydrogen-bond donors (Lipinski definition) is 1. The molecule has 0 spiro atoms. The number of nitrogens with zero attached hydrogens (tertiary/aromatic N) is 3. The summed E-state index contributed by atoms with van der Waals surface area (Å²) >= 11 is 0. The van der Waals surface area contributed by atoms with Crippen LogP contribution in [0, 0.1) is 6.92 Å². The molecular weight excluding hydrogens is 192 g/mol. The summed E-state index contributed by atoms with van der Waals surface area (Å²) in [6, 6.07) is 1.92. The van der Waals surface area contributed by atoms with Crippen LogP contribution in [0.4, 0.5) is 0 Å². The Morgan fingerprint density at radius 1 is 1.47 bits per heavy atom. The largest absolute Gasteiger partial charge is 0.360 e. The summed E-state index contributed by atoms with van der Waals surface area (Å²) in [4.78, 5) is 4.21. The van der Waals surface area contributed by atoms with Gasteiger partial charge in [0.2, 0.25) is 0 Å². The van der Waals surface area contributed by atoms with Gasteiger partial charge in [-0.1, -0.05) is 5.16 Å². The summed E-state index contributed by atoms with van der Waals surface area (Å²) in [5, 5.41) is 7.06. The average molecular weight is 206 g/mol. The smallest absolute Gasteiger partial charge is 0.150 e. The molecule has 0 unspecified atom stereocenters. The Kier molecular flexibility index (Phi) is 2.82. The normalized spacial score (nSPS) is 10.8. The highest BCUT2D eigenvalue weighted by molar-refractivity contribution is 5.02. The quantitative estimate of drug-likeness (QED) is 0.811. The molecule has 0 atom stereocenters. The lowest BCUT2D eigenvalue weighted by molar-refractivity contribution is 0.368. The molecule has 0 fully saturated rings. The average Bonchev–Trinajstić information content (AvgIpc) is 2.77. The first-order valence-electron chi connectivity index (χ1n) is 4.85. The van der Waals surface area contributed by atoms with Crippen LogP contribution in [0.3, 0.4) is 0 Å². The standard InChI is InChI=1S/C10H14N4O/c1-8-5-9(15-13-8)6-11-7-10-12-3-4-14(10)2/h3-5,11H,6-7H2,1-2H3. The summed E-state index contributed by atoms with van der Waals surface area (Å²) in [5.41, 5.74) is 0.906. The first kappa shape index (κ1) is 9.92. The van der Waals surface area contributed by atoms with E-state index in [1.807, 2.05) is 30.8 Å². The first-order valence-corrected chi connectivity index (χ1v) is 4.85. The van der Waals surface area contributed by atoms with Gasteiger partial charge in [0.05, 0.1) is 18.8 Å². The molecule has 0 aliphatic rings. The van der Waals surface area contributed by atoms with Crippen molar-refractivity contribution >= 4 is 0 Å². The minimum Gasteiger partial charge on any atom is -0.360 e. The Hall–Kier alpha value is -1.62. The number of aromatic nitrogens is 3. The summed E-state index contributed by atoms with van der Waals surface area (Å²) in [7, 11) is 1.97. The van der Waals surface area contributed by atoms with Crippen molar-refractivity contribution in [3.05, 3.63) is 35.7 Å². The summed E-state index contributed by atoms with van der Waals surface area (Å²) in [6.07, 6.45) is 3.71. The van der Waals surface area contributed by atoms with E-state index in [0.717, 1.165) is 23.8 Å². The van der Waals surface area contributed by atoms with Gasteiger partial charge in [-0.2, -0.15) is 0 Å². The maximum absolute atomic E-state index is 5.07. The molecule has 5 heteroatoms. The zero-order valence-electron chi connectivity index (χ0n) is 8.90. The molecule has 0 aliphatic carbocycles. The Morgan fingerprint density at radius 2 is 2.33 bits per heavy atom. The highest BCUT2D eigenvalue weighted by atomic mass is 16.5.